The molecule has 0 heterocycles. The predicted molar refractivity (Wildman–Crippen MR) is 145 cm³/mol. The fraction of sp³-hybridized carbons (Fsp3) is 0.0357. The molecule has 2 N–H and O–H groups in total. The highest BCUT2D eigenvalue weighted by Gasteiger charge is 2.39. The average Bonchev–Trinajstić information content (AvgIpc) is 2.91. The molecule has 0 fully saturated rings. The summed E-state index contributed by atoms with van der Waals surface area (Å²) in [5, 5.41) is 15.6. The molecule has 0 unspecified atom stereocenters. The SMILES string of the molecule is O=C(Oc1ccc(Br)cc1/C=N/NC(=O)C(O)(c1ccccc1)c1ccccc1)c1ccc(Br)cc1. The van der Waals surface area contributed by atoms with E-state index in [4.69, 9.17) is 4.74 Å². The number of esters is 1. The van der Waals surface area contributed by atoms with Crippen molar-refractivity contribution in [2.75, 3.05) is 0 Å². The number of benzene rings is 4. The molecule has 180 valence electrons. The van der Waals surface area contributed by atoms with E-state index in [9.17, 15) is 14.7 Å². The minimum atomic E-state index is -1.96. The molecule has 0 aliphatic rings. The topological polar surface area (TPSA) is 88.0 Å². The van der Waals surface area contributed by atoms with E-state index < -0.39 is 17.5 Å². The van der Waals surface area contributed by atoms with Crippen LogP contribution in [0, 0.1) is 0 Å². The van der Waals surface area contributed by atoms with E-state index in [2.05, 4.69) is 42.4 Å². The molecule has 0 aliphatic heterocycles. The number of halogens is 2. The van der Waals surface area contributed by atoms with Gasteiger partial charge >= 0.3 is 5.97 Å². The maximum absolute atomic E-state index is 13.2. The molecule has 6 nitrogen and oxygen atoms in total. The Morgan fingerprint density at radius 1 is 0.806 bits per heavy atom. The summed E-state index contributed by atoms with van der Waals surface area (Å²) < 4.78 is 7.13. The normalized spacial score (nSPS) is 11.3. The maximum Gasteiger partial charge on any atom is 0.343 e. The summed E-state index contributed by atoms with van der Waals surface area (Å²) >= 11 is 6.73. The molecule has 0 radical (unpaired) electrons. The summed E-state index contributed by atoms with van der Waals surface area (Å²) in [5.41, 5.74) is 2.08. The highest BCUT2D eigenvalue weighted by molar-refractivity contribution is 9.10. The molecular weight excluding hydrogens is 588 g/mol. The molecule has 0 spiro atoms. The molecular formula is C28H20Br2N2O4. The van der Waals surface area contributed by atoms with Crippen LogP contribution in [0.4, 0.5) is 0 Å². The number of nitrogens with zero attached hydrogens (tertiary/aromatic N) is 1. The van der Waals surface area contributed by atoms with Gasteiger partial charge in [-0.2, -0.15) is 5.10 Å². The monoisotopic (exact) mass is 606 g/mol. The largest absolute Gasteiger partial charge is 0.422 e. The molecule has 1 amide bonds. The molecule has 0 bridgehead atoms. The van der Waals surface area contributed by atoms with Crippen LogP contribution < -0.4 is 10.2 Å². The molecule has 8 heteroatoms. The third-order valence-corrected chi connectivity index (χ3v) is 6.36. The standard InChI is InChI=1S/C28H20Br2N2O4/c29-23-13-11-19(12-14-23)26(33)36-25-16-15-24(30)17-20(25)18-31-32-27(34)28(35,21-7-3-1-4-8-21)22-9-5-2-6-10-22/h1-18,35H,(H,32,34)/b31-18+. The number of carbonyl (C=O) groups excluding carboxylic acids is 2. The number of amides is 1. The third-order valence-electron chi connectivity index (χ3n) is 5.34. The van der Waals surface area contributed by atoms with Crippen LogP contribution in [0.2, 0.25) is 0 Å². The van der Waals surface area contributed by atoms with Crippen molar-refractivity contribution in [3.05, 3.63) is 134 Å². The quantitative estimate of drug-likeness (QED) is 0.120. The first kappa shape index (κ1) is 25.5. The minimum absolute atomic E-state index is 0.255. The Kier molecular flexibility index (Phi) is 8.10. The van der Waals surface area contributed by atoms with Gasteiger partial charge in [0, 0.05) is 14.5 Å². The van der Waals surface area contributed by atoms with Crippen molar-refractivity contribution in [2.45, 2.75) is 5.60 Å². The van der Waals surface area contributed by atoms with Crippen LogP contribution in [0.5, 0.6) is 5.75 Å². The van der Waals surface area contributed by atoms with Crippen molar-refractivity contribution in [3.8, 4) is 5.75 Å². The molecule has 4 rings (SSSR count). The van der Waals surface area contributed by atoms with Crippen LogP contribution in [0.3, 0.4) is 0 Å². The zero-order valence-corrected chi connectivity index (χ0v) is 21.9. The van der Waals surface area contributed by atoms with E-state index in [1.807, 2.05) is 0 Å². The molecule has 0 saturated carbocycles. The molecule has 36 heavy (non-hydrogen) atoms. The third kappa shape index (κ3) is 5.79. The van der Waals surface area contributed by atoms with Crippen LogP contribution in [0.25, 0.3) is 0 Å². The lowest BCUT2D eigenvalue weighted by Gasteiger charge is -2.27. The van der Waals surface area contributed by atoms with E-state index in [-0.39, 0.29) is 5.75 Å². The summed E-state index contributed by atoms with van der Waals surface area (Å²) in [6.07, 6.45) is 1.35. The van der Waals surface area contributed by atoms with Crippen molar-refractivity contribution in [1.29, 1.82) is 0 Å². The zero-order chi connectivity index (χ0) is 25.5. The molecule has 0 saturated heterocycles. The average molecular weight is 608 g/mol. The number of rotatable bonds is 7. The van der Waals surface area contributed by atoms with Crippen LogP contribution in [-0.4, -0.2) is 23.2 Å². The van der Waals surface area contributed by atoms with Crippen LogP contribution >= 0.6 is 31.9 Å². The van der Waals surface area contributed by atoms with Gasteiger partial charge < -0.3 is 9.84 Å². The summed E-state index contributed by atoms with van der Waals surface area (Å²) in [6, 6.07) is 29.1. The molecule has 0 aromatic heterocycles. The second kappa shape index (κ2) is 11.4. The number of nitrogens with one attached hydrogen (secondary N) is 1. The van der Waals surface area contributed by atoms with Gasteiger partial charge in [0.25, 0.3) is 5.91 Å². The number of hydrogen-bond acceptors (Lipinski definition) is 5. The Morgan fingerprint density at radius 2 is 1.36 bits per heavy atom. The Morgan fingerprint density at radius 3 is 1.94 bits per heavy atom. The van der Waals surface area contributed by atoms with Gasteiger partial charge in [-0.1, -0.05) is 92.5 Å². The highest BCUT2D eigenvalue weighted by atomic mass is 79.9. The number of carbonyl (C=O) groups is 2. The van der Waals surface area contributed by atoms with Gasteiger partial charge in [0.2, 0.25) is 0 Å². The zero-order valence-electron chi connectivity index (χ0n) is 18.8. The van der Waals surface area contributed by atoms with E-state index in [1.165, 1.54) is 6.21 Å². The lowest BCUT2D eigenvalue weighted by atomic mass is 9.85. The first-order valence-electron chi connectivity index (χ1n) is 10.8. The Bertz CT molecular complexity index is 1350. The second-order valence-corrected chi connectivity index (χ2v) is 9.55. The second-order valence-electron chi connectivity index (χ2n) is 7.72. The Labute approximate surface area is 224 Å². The van der Waals surface area contributed by atoms with Gasteiger partial charge in [0.05, 0.1) is 11.8 Å². The van der Waals surface area contributed by atoms with E-state index in [1.54, 1.807) is 103 Å². The Hall–Kier alpha value is -3.59. The van der Waals surface area contributed by atoms with Gasteiger partial charge in [0.1, 0.15) is 5.75 Å². The lowest BCUT2D eigenvalue weighted by molar-refractivity contribution is -0.136. The number of hydrazone groups is 1. The maximum atomic E-state index is 13.2. The Balaban J connectivity index is 1.57. The van der Waals surface area contributed by atoms with E-state index >= 15 is 0 Å². The van der Waals surface area contributed by atoms with Crippen LogP contribution in [0.15, 0.2) is 117 Å². The smallest absolute Gasteiger partial charge is 0.343 e. The van der Waals surface area contributed by atoms with Gasteiger partial charge in [-0.05, 0) is 53.6 Å². The summed E-state index contributed by atoms with van der Waals surface area (Å²) in [5.74, 6) is -1.02. The lowest BCUT2D eigenvalue weighted by Crippen LogP contribution is -2.43. The van der Waals surface area contributed by atoms with Gasteiger partial charge in [-0.25, -0.2) is 10.2 Å². The van der Waals surface area contributed by atoms with Crippen molar-refractivity contribution >= 4 is 50.0 Å². The number of aliphatic hydroxyl groups is 1. The summed E-state index contributed by atoms with van der Waals surface area (Å²) in [4.78, 5) is 25.8. The van der Waals surface area contributed by atoms with Crippen molar-refractivity contribution < 1.29 is 19.4 Å². The number of ether oxygens (including phenoxy) is 1. The van der Waals surface area contributed by atoms with Crippen molar-refractivity contribution in [3.63, 3.8) is 0 Å². The van der Waals surface area contributed by atoms with Crippen molar-refractivity contribution in [2.24, 2.45) is 5.10 Å². The molecule has 0 aliphatic carbocycles. The first-order chi connectivity index (χ1) is 17.4. The van der Waals surface area contributed by atoms with Gasteiger partial charge in [-0.15, -0.1) is 0 Å². The van der Waals surface area contributed by atoms with Crippen LogP contribution in [-0.2, 0) is 10.4 Å². The van der Waals surface area contributed by atoms with Gasteiger partial charge in [0.15, 0.2) is 5.60 Å². The number of hydrogen-bond donors (Lipinski definition) is 2. The minimum Gasteiger partial charge on any atom is -0.422 e. The van der Waals surface area contributed by atoms with E-state index in [0.29, 0.717) is 22.3 Å². The summed E-state index contributed by atoms with van der Waals surface area (Å²) in [7, 11) is 0. The fourth-order valence-electron chi connectivity index (χ4n) is 3.49. The van der Waals surface area contributed by atoms with Gasteiger partial charge in [-0.3, -0.25) is 4.79 Å². The highest BCUT2D eigenvalue weighted by Crippen LogP contribution is 2.30. The van der Waals surface area contributed by atoms with Crippen molar-refractivity contribution in [1.82, 2.24) is 5.43 Å². The predicted octanol–water partition coefficient (Wildman–Crippen LogP) is 5.82. The molecule has 0 atom stereocenters. The molecule has 4 aromatic rings. The summed E-state index contributed by atoms with van der Waals surface area (Å²) in [6.45, 7) is 0. The molecule has 4 aromatic carbocycles. The fourth-order valence-corrected chi connectivity index (χ4v) is 4.13. The van der Waals surface area contributed by atoms with E-state index in [0.717, 1.165) is 8.95 Å². The first-order valence-corrected chi connectivity index (χ1v) is 12.4. The van der Waals surface area contributed by atoms with Crippen LogP contribution in [0.1, 0.15) is 27.0 Å².